The normalized spacial score (nSPS) is 21.0. The lowest BCUT2D eigenvalue weighted by atomic mass is 9.82. The second kappa shape index (κ2) is 6.46. The van der Waals surface area contributed by atoms with Crippen LogP contribution in [0.5, 0.6) is 0 Å². The van der Waals surface area contributed by atoms with Crippen molar-refractivity contribution >= 4 is 17.2 Å². The molecule has 1 fully saturated rings. The van der Waals surface area contributed by atoms with Gasteiger partial charge >= 0.3 is 0 Å². The van der Waals surface area contributed by atoms with E-state index in [1.54, 1.807) is 35.9 Å². The summed E-state index contributed by atoms with van der Waals surface area (Å²) >= 11 is 1.59. The Hall–Kier alpha value is -2.73. The summed E-state index contributed by atoms with van der Waals surface area (Å²) in [6.45, 7) is 2.05. The molecule has 2 bridgehead atoms. The standard InChI is InChI=1S/C21H19N3O2S/c25-20(15-5-7-22-8-6-15)23-11-14-10-16(13-23)18-4-3-17(19-2-1-9-27-19)21(26)24(18)12-14/h1-9,14,16H,10-13H2/t14-,16-/m1/s1. The molecule has 0 spiro atoms. The number of likely N-dealkylation sites (tertiary alicyclic amines) is 1. The third-order valence-electron chi connectivity index (χ3n) is 5.61. The minimum Gasteiger partial charge on any atom is -0.338 e. The molecule has 0 aromatic carbocycles. The fourth-order valence-corrected chi connectivity index (χ4v) is 5.15. The lowest BCUT2D eigenvalue weighted by molar-refractivity contribution is 0.0594. The topological polar surface area (TPSA) is 55.2 Å². The fraction of sp³-hybridized carbons (Fsp3) is 0.286. The molecule has 5 nitrogen and oxygen atoms in total. The summed E-state index contributed by atoms with van der Waals surface area (Å²) < 4.78 is 1.95. The van der Waals surface area contributed by atoms with Crippen LogP contribution in [0.1, 0.15) is 28.4 Å². The Bertz CT molecular complexity index is 1040. The van der Waals surface area contributed by atoms with E-state index in [9.17, 15) is 9.59 Å². The van der Waals surface area contributed by atoms with Crippen molar-refractivity contribution in [3.63, 3.8) is 0 Å². The third-order valence-corrected chi connectivity index (χ3v) is 6.51. The average Bonchev–Trinajstić information content (AvgIpc) is 3.23. The van der Waals surface area contributed by atoms with E-state index in [4.69, 9.17) is 0 Å². The first kappa shape index (κ1) is 16.4. The van der Waals surface area contributed by atoms with Gasteiger partial charge in [-0.3, -0.25) is 14.6 Å². The van der Waals surface area contributed by atoms with Gasteiger partial charge in [-0.1, -0.05) is 6.07 Å². The molecule has 0 saturated carbocycles. The number of fused-ring (bicyclic) bond motifs is 4. The Balaban J connectivity index is 1.47. The number of carbonyl (C=O) groups is 1. The monoisotopic (exact) mass is 377 g/mol. The first-order valence-corrected chi connectivity index (χ1v) is 10.1. The summed E-state index contributed by atoms with van der Waals surface area (Å²) in [4.78, 5) is 32.9. The summed E-state index contributed by atoms with van der Waals surface area (Å²) in [5, 5.41) is 2.00. The molecular weight excluding hydrogens is 358 g/mol. The molecule has 0 radical (unpaired) electrons. The van der Waals surface area contributed by atoms with Crippen LogP contribution >= 0.6 is 11.3 Å². The molecule has 5 rings (SSSR count). The summed E-state index contributed by atoms with van der Waals surface area (Å²) in [6.07, 6.45) is 4.34. The Labute approximate surface area is 160 Å². The third kappa shape index (κ3) is 2.80. The predicted octanol–water partition coefficient (Wildman–Crippen LogP) is 3.23. The molecular formula is C21H19N3O2S. The second-order valence-corrected chi connectivity index (χ2v) is 8.26. The van der Waals surface area contributed by atoms with Gasteiger partial charge in [0.15, 0.2) is 0 Å². The van der Waals surface area contributed by atoms with E-state index in [0.717, 1.165) is 22.6 Å². The van der Waals surface area contributed by atoms with Crippen molar-refractivity contribution in [3.05, 3.63) is 75.8 Å². The molecule has 2 aliphatic heterocycles. The van der Waals surface area contributed by atoms with E-state index in [2.05, 4.69) is 11.1 Å². The Morgan fingerprint density at radius 2 is 1.93 bits per heavy atom. The van der Waals surface area contributed by atoms with E-state index in [-0.39, 0.29) is 17.4 Å². The van der Waals surface area contributed by atoms with Crippen LogP contribution in [0.15, 0.2) is 59.0 Å². The van der Waals surface area contributed by atoms with Crippen molar-refractivity contribution in [2.45, 2.75) is 18.9 Å². The quantitative estimate of drug-likeness (QED) is 0.689. The minimum atomic E-state index is 0.0538. The molecule has 2 aliphatic rings. The number of aromatic nitrogens is 2. The first-order chi connectivity index (χ1) is 13.2. The molecule has 0 unspecified atom stereocenters. The van der Waals surface area contributed by atoms with Crippen molar-refractivity contribution in [3.8, 4) is 10.4 Å². The van der Waals surface area contributed by atoms with Gasteiger partial charge in [-0.05, 0) is 48.1 Å². The maximum atomic E-state index is 13.1. The van der Waals surface area contributed by atoms with Crippen molar-refractivity contribution in [2.75, 3.05) is 13.1 Å². The van der Waals surface area contributed by atoms with Crippen molar-refractivity contribution in [1.29, 1.82) is 0 Å². The van der Waals surface area contributed by atoms with Crippen LogP contribution < -0.4 is 5.56 Å². The number of hydrogen-bond donors (Lipinski definition) is 0. The smallest absolute Gasteiger partial charge is 0.259 e. The average molecular weight is 377 g/mol. The maximum absolute atomic E-state index is 13.1. The highest BCUT2D eigenvalue weighted by Gasteiger charge is 2.36. The number of nitrogens with zero attached hydrogens (tertiary/aromatic N) is 3. The molecule has 1 saturated heterocycles. The van der Waals surface area contributed by atoms with Gasteiger partial charge in [0.05, 0.1) is 5.56 Å². The second-order valence-electron chi connectivity index (χ2n) is 7.31. The Kier molecular flexibility index (Phi) is 3.93. The van der Waals surface area contributed by atoms with Crippen molar-refractivity contribution < 1.29 is 4.79 Å². The lowest BCUT2D eigenvalue weighted by Gasteiger charge is -2.43. The predicted molar refractivity (Wildman–Crippen MR) is 105 cm³/mol. The highest BCUT2D eigenvalue weighted by atomic mass is 32.1. The van der Waals surface area contributed by atoms with Gasteiger partial charge in [-0.15, -0.1) is 11.3 Å². The van der Waals surface area contributed by atoms with Crippen LogP contribution in [-0.4, -0.2) is 33.4 Å². The van der Waals surface area contributed by atoms with Crippen LogP contribution in [-0.2, 0) is 6.54 Å². The zero-order chi connectivity index (χ0) is 18.4. The molecule has 27 heavy (non-hydrogen) atoms. The Morgan fingerprint density at radius 3 is 2.70 bits per heavy atom. The van der Waals surface area contributed by atoms with Crippen LogP contribution in [0.2, 0.25) is 0 Å². The number of thiophene rings is 1. The molecule has 2 atom stereocenters. The molecule has 3 aromatic rings. The summed E-state index contributed by atoms with van der Waals surface area (Å²) in [5.74, 6) is 0.588. The van der Waals surface area contributed by atoms with Crippen LogP contribution in [0.4, 0.5) is 0 Å². The van der Waals surface area contributed by atoms with Gasteiger partial charge in [-0.2, -0.15) is 0 Å². The van der Waals surface area contributed by atoms with Crippen LogP contribution in [0.3, 0.4) is 0 Å². The highest BCUT2D eigenvalue weighted by Crippen LogP contribution is 2.36. The largest absolute Gasteiger partial charge is 0.338 e. The van der Waals surface area contributed by atoms with Crippen molar-refractivity contribution in [2.24, 2.45) is 5.92 Å². The van der Waals surface area contributed by atoms with Gasteiger partial charge in [-0.25, -0.2) is 0 Å². The number of hydrogen-bond acceptors (Lipinski definition) is 4. The molecule has 1 amide bonds. The van der Waals surface area contributed by atoms with Crippen LogP contribution in [0.25, 0.3) is 10.4 Å². The van der Waals surface area contributed by atoms with Crippen molar-refractivity contribution in [1.82, 2.24) is 14.5 Å². The van der Waals surface area contributed by atoms with E-state index in [0.29, 0.717) is 31.1 Å². The number of rotatable bonds is 2. The van der Waals surface area contributed by atoms with Gasteiger partial charge < -0.3 is 9.47 Å². The molecule has 0 aliphatic carbocycles. The number of carbonyl (C=O) groups excluding carboxylic acids is 1. The number of amides is 1. The summed E-state index contributed by atoms with van der Waals surface area (Å²) in [6, 6.07) is 11.5. The molecule has 3 aromatic heterocycles. The van der Waals surface area contributed by atoms with E-state index >= 15 is 0 Å². The molecule has 6 heteroatoms. The Morgan fingerprint density at radius 1 is 1.07 bits per heavy atom. The van der Waals surface area contributed by atoms with Gasteiger partial charge in [0, 0.05) is 54.1 Å². The number of piperidine rings is 1. The highest BCUT2D eigenvalue weighted by molar-refractivity contribution is 7.13. The van der Waals surface area contributed by atoms with Gasteiger partial charge in [0.25, 0.3) is 11.5 Å². The lowest BCUT2D eigenvalue weighted by Crippen LogP contribution is -2.49. The van der Waals surface area contributed by atoms with Gasteiger partial charge in [0.2, 0.25) is 0 Å². The SMILES string of the molecule is O=C(c1ccncc1)N1C[C@H]2C[C@H](C1)c1ccc(-c3cccs3)c(=O)n1C2. The molecule has 5 heterocycles. The van der Waals surface area contributed by atoms with E-state index in [1.807, 2.05) is 33.0 Å². The van der Waals surface area contributed by atoms with Gasteiger partial charge in [0.1, 0.15) is 0 Å². The maximum Gasteiger partial charge on any atom is 0.259 e. The zero-order valence-electron chi connectivity index (χ0n) is 14.7. The summed E-state index contributed by atoms with van der Waals surface area (Å²) in [7, 11) is 0. The van der Waals surface area contributed by atoms with Crippen LogP contribution in [0, 0.1) is 5.92 Å². The molecule has 136 valence electrons. The summed E-state index contributed by atoms with van der Waals surface area (Å²) in [5.41, 5.74) is 2.61. The van der Waals surface area contributed by atoms with E-state index < -0.39 is 0 Å². The molecule has 0 N–H and O–H groups in total. The first-order valence-electron chi connectivity index (χ1n) is 9.17. The zero-order valence-corrected chi connectivity index (χ0v) is 15.6. The fourth-order valence-electron chi connectivity index (χ4n) is 4.41. The van der Waals surface area contributed by atoms with E-state index in [1.165, 1.54) is 0 Å². The number of pyridine rings is 2. The minimum absolute atomic E-state index is 0.0538.